The number of hydrogen-bond acceptors (Lipinski definition) is 0. The summed E-state index contributed by atoms with van der Waals surface area (Å²) in [5.41, 5.74) is 8.38. The third kappa shape index (κ3) is 4.10. The minimum atomic E-state index is 1.01. The number of hydrogen-bond donors (Lipinski definition) is 0. The molecule has 0 N–H and O–H groups in total. The van der Waals surface area contributed by atoms with Crippen molar-refractivity contribution in [2.24, 2.45) is 0 Å². The van der Waals surface area contributed by atoms with Crippen LogP contribution in [0.25, 0.3) is 0 Å². The lowest BCUT2D eigenvalue weighted by Gasteiger charge is -2.09. The average molecular weight is 300 g/mol. The largest absolute Gasteiger partial charge is 0.0620 e. The van der Waals surface area contributed by atoms with E-state index in [1.807, 2.05) is 0 Å². The maximum absolute atomic E-state index is 2.28. The molecule has 0 saturated carbocycles. The molecule has 3 aromatic carbocycles. The van der Waals surface area contributed by atoms with E-state index in [1.165, 1.54) is 33.4 Å². The number of aryl methyl sites for hydroxylation is 2. The fourth-order valence-corrected chi connectivity index (χ4v) is 3.13. The van der Waals surface area contributed by atoms with E-state index in [0.29, 0.717) is 0 Å². The Balaban J connectivity index is 1.72. The summed E-state index contributed by atoms with van der Waals surface area (Å²) >= 11 is 0. The molecule has 0 bridgehead atoms. The Kier molecular flexibility index (Phi) is 4.92. The van der Waals surface area contributed by atoms with Crippen LogP contribution >= 0.6 is 0 Å². The van der Waals surface area contributed by atoms with E-state index in [2.05, 4.69) is 86.6 Å². The van der Waals surface area contributed by atoms with Crippen LogP contribution in [0.15, 0.2) is 72.8 Å². The zero-order valence-corrected chi connectivity index (χ0v) is 14.0. The summed E-state index contributed by atoms with van der Waals surface area (Å²) in [6.45, 7) is 4.38. The molecule has 0 atom stereocenters. The van der Waals surface area contributed by atoms with Gasteiger partial charge in [0.25, 0.3) is 0 Å². The average Bonchev–Trinajstić information content (AvgIpc) is 2.57. The van der Waals surface area contributed by atoms with Gasteiger partial charge in [0.05, 0.1) is 0 Å². The van der Waals surface area contributed by atoms with Crippen LogP contribution in [-0.2, 0) is 19.3 Å². The first kappa shape index (κ1) is 15.6. The van der Waals surface area contributed by atoms with Gasteiger partial charge in [-0.05, 0) is 54.0 Å². The molecule has 0 saturated heterocycles. The van der Waals surface area contributed by atoms with E-state index in [4.69, 9.17) is 0 Å². The first-order valence-corrected chi connectivity index (χ1v) is 8.44. The van der Waals surface area contributed by atoms with Crippen molar-refractivity contribution in [3.05, 3.63) is 106 Å². The van der Waals surface area contributed by atoms with Crippen molar-refractivity contribution in [2.45, 2.75) is 33.1 Å². The summed E-state index contributed by atoms with van der Waals surface area (Å²) in [6, 6.07) is 26.6. The number of rotatable bonds is 5. The van der Waals surface area contributed by atoms with Gasteiger partial charge in [0, 0.05) is 0 Å². The van der Waals surface area contributed by atoms with E-state index >= 15 is 0 Å². The molecule has 0 aliphatic rings. The molecule has 0 heterocycles. The summed E-state index contributed by atoms with van der Waals surface area (Å²) in [5.74, 6) is 0. The molecule has 3 rings (SSSR count). The van der Waals surface area contributed by atoms with Gasteiger partial charge in [-0.2, -0.15) is 0 Å². The van der Waals surface area contributed by atoms with Crippen molar-refractivity contribution in [1.29, 1.82) is 0 Å². The normalized spacial score (nSPS) is 10.7. The second kappa shape index (κ2) is 7.28. The highest BCUT2D eigenvalue weighted by atomic mass is 14.1. The standard InChI is InChI=1S/C23H24/c1-3-22-9-4-5-10-23(22)17-20-13-11-19(12-14-20)16-21-8-6-7-18(2)15-21/h4-15H,3,16-17H2,1-2H3. The van der Waals surface area contributed by atoms with Crippen LogP contribution in [0.5, 0.6) is 0 Å². The third-order valence-corrected chi connectivity index (χ3v) is 4.41. The first-order chi connectivity index (χ1) is 11.2. The Hall–Kier alpha value is -2.34. The molecule has 3 aromatic rings. The van der Waals surface area contributed by atoms with Crippen LogP contribution in [0.3, 0.4) is 0 Å². The molecule has 0 aliphatic heterocycles. The summed E-state index contributed by atoms with van der Waals surface area (Å²) in [7, 11) is 0. The maximum Gasteiger partial charge on any atom is -0.00230 e. The SMILES string of the molecule is CCc1ccccc1Cc1ccc(Cc2cccc(C)c2)cc1. The van der Waals surface area contributed by atoms with Crippen LogP contribution in [0, 0.1) is 6.92 Å². The van der Waals surface area contributed by atoms with E-state index in [0.717, 1.165) is 19.3 Å². The molecule has 0 unspecified atom stereocenters. The Bertz CT molecular complexity index is 766. The fraction of sp³-hybridized carbons (Fsp3) is 0.217. The predicted octanol–water partition coefficient (Wildman–Crippen LogP) is 5.74. The molecule has 0 amide bonds. The van der Waals surface area contributed by atoms with E-state index in [1.54, 1.807) is 0 Å². The lowest BCUT2D eigenvalue weighted by Crippen LogP contribution is -1.95. The van der Waals surface area contributed by atoms with E-state index in [-0.39, 0.29) is 0 Å². The van der Waals surface area contributed by atoms with E-state index < -0.39 is 0 Å². The van der Waals surface area contributed by atoms with Gasteiger partial charge in [-0.1, -0.05) is 85.3 Å². The van der Waals surface area contributed by atoms with Gasteiger partial charge in [-0.3, -0.25) is 0 Å². The molecule has 0 spiro atoms. The van der Waals surface area contributed by atoms with Gasteiger partial charge in [0.1, 0.15) is 0 Å². The summed E-state index contributed by atoms with van der Waals surface area (Å²) in [4.78, 5) is 0. The molecule has 0 heteroatoms. The van der Waals surface area contributed by atoms with Gasteiger partial charge >= 0.3 is 0 Å². The van der Waals surface area contributed by atoms with Gasteiger partial charge < -0.3 is 0 Å². The Morgan fingerprint density at radius 1 is 0.609 bits per heavy atom. The Labute approximate surface area is 139 Å². The Morgan fingerprint density at radius 3 is 1.91 bits per heavy atom. The molecule has 0 aromatic heterocycles. The lowest BCUT2D eigenvalue weighted by molar-refractivity contribution is 1.06. The molecule has 0 fully saturated rings. The topological polar surface area (TPSA) is 0 Å². The van der Waals surface area contributed by atoms with Crippen molar-refractivity contribution >= 4 is 0 Å². The monoisotopic (exact) mass is 300 g/mol. The zero-order chi connectivity index (χ0) is 16.1. The van der Waals surface area contributed by atoms with Gasteiger partial charge in [-0.15, -0.1) is 0 Å². The summed E-state index contributed by atoms with van der Waals surface area (Å²) in [5, 5.41) is 0. The molecule has 23 heavy (non-hydrogen) atoms. The minimum absolute atomic E-state index is 1.01. The highest BCUT2D eigenvalue weighted by Crippen LogP contribution is 2.17. The number of benzene rings is 3. The third-order valence-electron chi connectivity index (χ3n) is 4.41. The molecular weight excluding hydrogens is 276 g/mol. The molecular formula is C23H24. The molecule has 0 nitrogen and oxygen atoms in total. The second-order valence-electron chi connectivity index (χ2n) is 6.28. The van der Waals surface area contributed by atoms with Crippen molar-refractivity contribution in [3.8, 4) is 0 Å². The maximum atomic E-state index is 2.28. The molecule has 0 aliphatic carbocycles. The van der Waals surface area contributed by atoms with Crippen molar-refractivity contribution in [3.63, 3.8) is 0 Å². The van der Waals surface area contributed by atoms with Crippen LogP contribution in [0.1, 0.15) is 40.3 Å². The summed E-state index contributed by atoms with van der Waals surface area (Å²) in [6.07, 6.45) is 3.13. The highest BCUT2D eigenvalue weighted by Gasteiger charge is 2.02. The van der Waals surface area contributed by atoms with Crippen LogP contribution in [0.2, 0.25) is 0 Å². The minimum Gasteiger partial charge on any atom is -0.0620 e. The van der Waals surface area contributed by atoms with Gasteiger partial charge in [-0.25, -0.2) is 0 Å². The van der Waals surface area contributed by atoms with Gasteiger partial charge in [0.15, 0.2) is 0 Å². The second-order valence-corrected chi connectivity index (χ2v) is 6.28. The summed E-state index contributed by atoms with van der Waals surface area (Å²) < 4.78 is 0. The molecule has 0 radical (unpaired) electrons. The molecule has 116 valence electrons. The smallest absolute Gasteiger partial charge is 0.00230 e. The predicted molar refractivity (Wildman–Crippen MR) is 99.1 cm³/mol. The van der Waals surface area contributed by atoms with Crippen molar-refractivity contribution in [2.75, 3.05) is 0 Å². The zero-order valence-electron chi connectivity index (χ0n) is 14.0. The van der Waals surface area contributed by atoms with Crippen LogP contribution in [-0.4, -0.2) is 0 Å². The van der Waals surface area contributed by atoms with Crippen molar-refractivity contribution in [1.82, 2.24) is 0 Å². The fourth-order valence-electron chi connectivity index (χ4n) is 3.13. The van der Waals surface area contributed by atoms with Crippen LogP contribution < -0.4 is 0 Å². The van der Waals surface area contributed by atoms with E-state index in [9.17, 15) is 0 Å². The quantitative estimate of drug-likeness (QED) is 0.563. The van der Waals surface area contributed by atoms with Gasteiger partial charge in [0.2, 0.25) is 0 Å². The first-order valence-electron chi connectivity index (χ1n) is 8.44. The van der Waals surface area contributed by atoms with Crippen molar-refractivity contribution < 1.29 is 0 Å². The lowest BCUT2D eigenvalue weighted by atomic mass is 9.96. The highest BCUT2D eigenvalue weighted by molar-refractivity contribution is 5.35. The Morgan fingerprint density at radius 2 is 1.26 bits per heavy atom. The van der Waals surface area contributed by atoms with Crippen LogP contribution in [0.4, 0.5) is 0 Å².